The minimum Gasteiger partial charge on any atom is -0.341 e. The molecule has 0 saturated carbocycles. The van der Waals surface area contributed by atoms with Gasteiger partial charge < -0.3 is 10.2 Å². The monoisotopic (exact) mass is 208 g/mol. The lowest BCUT2D eigenvalue weighted by Crippen LogP contribution is -2.25. The smallest absolute Gasteiger partial charge is 0.225 e. The van der Waals surface area contributed by atoms with Crippen LogP contribution in [-0.2, 0) is 6.54 Å². The fourth-order valence-corrected chi connectivity index (χ4v) is 1.54. The fraction of sp³-hybridized carbons (Fsp3) is 0.636. The molecule has 0 bridgehead atoms. The van der Waals surface area contributed by atoms with Gasteiger partial charge in [-0.25, -0.2) is 9.97 Å². The van der Waals surface area contributed by atoms with E-state index in [2.05, 4.69) is 34.0 Å². The molecule has 0 saturated heterocycles. The van der Waals surface area contributed by atoms with E-state index >= 15 is 0 Å². The molecule has 84 valence electrons. The van der Waals surface area contributed by atoms with Gasteiger partial charge in [0.05, 0.1) is 5.69 Å². The molecule has 1 N–H and O–H groups in total. The van der Waals surface area contributed by atoms with Crippen LogP contribution in [0.5, 0.6) is 0 Å². The van der Waals surface area contributed by atoms with E-state index in [9.17, 15) is 0 Å². The van der Waals surface area contributed by atoms with Crippen molar-refractivity contribution in [1.82, 2.24) is 15.3 Å². The minimum absolute atomic E-state index is 0.789. The summed E-state index contributed by atoms with van der Waals surface area (Å²) in [6, 6.07) is 2.02. The molecule has 0 spiro atoms. The zero-order valence-corrected chi connectivity index (χ0v) is 10.0. The van der Waals surface area contributed by atoms with Crippen molar-refractivity contribution in [2.24, 2.45) is 0 Å². The number of rotatable bonds is 5. The Balaban J connectivity index is 2.96. The lowest BCUT2D eigenvalue weighted by Gasteiger charge is -2.19. The van der Waals surface area contributed by atoms with E-state index in [0.29, 0.717) is 0 Å². The highest BCUT2D eigenvalue weighted by Crippen LogP contribution is 2.09. The number of nitrogens with zero attached hydrogens (tertiary/aromatic N) is 3. The summed E-state index contributed by atoms with van der Waals surface area (Å²) in [6.45, 7) is 8.92. The van der Waals surface area contributed by atoms with Crippen LogP contribution in [0.15, 0.2) is 6.07 Å². The Labute approximate surface area is 91.7 Å². The summed E-state index contributed by atoms with van der Waals surface area (Å²) >= 11 is 0. The fourth-order valence-electron chi connectivity index (χ4n) is 1.54. The maximum atomic E-state index is 4.52. The number of aromatic nitrogens is 2. The molecule has 0 radical (unpaired) electrons. The van der Waals surface area contributed by atoms with E-state index in [1.54, 1.807) is 0 Å². The Morgan fingerprint density at radius 1 is 1.27 bits per heavy atom. The van der Waals surface area contributed by atoms with Gasteiger partial charge in [0.15, 0.2) is 0 Å². The van der Waals surface area contributed by atoms with E-state index in [1.807, 2.05) is 20.0 Å². The van der Waals surface area contributed by atoms with Crippen LogP contribution >= 0.6 is 0 Å². The molecule has 1 rings (SSSR count). The molecule has 0 aromatic carbocycles. The van der Waals surface area contributed by atoms with Crippen molar-refractivity contribution in [2.75, 3.05) is 25.0 Å². The van der Waals surface area contributed by atoms with E-state index < -0.39 is 0 Å². The molecule has 15 heavy (non-hydrogen) atoms. The van der Waals surface area contributed by atoms with Gasteiger partial charge in [0.25, 0.3) is 0 Å². The standard InChI is InChI=1S/C11H20N4/c1-5-15(6-2)11-13-9(3)7-10(14-11)8-12-4/h7,12H,5-6,8H2,1-4H3. The maximum Gasteiger partial charge on any atom is 0.225 e. The Morgan fingerprint density at radius 3 is 2.47 bits per heavy atom. The van der Waals surface area contributed by atoms with E-state index in [-0.39, 0.29) is 0 Å². The second kappa shape index (κ2) is 5.66. The first-order chi connectivity index (χ1) is 7.21. The zero-order valence-electron chi connectivity index (χ0n) is 10.0. The van der Waals surface area contributed by atoms with Crippen molar-refractivity contribution in [3.8, 4) is 0 Å². The molecule has 1 heterocycles. The molecule has 0 aliphatic rings. The number of hydrogen-bond donors (Lipinski definition) is 1. The molecule has 4 nitrogen and oxygen atoms in total. The highest BCUT2D eigenvalue weighted by atomic mass is 15.2. The summed E-state index contributed by atoms with van der Waals surface area (Å²) in [4.78, 5) is 11.1. The Hall–Kier alpha value is -1.16. The third-order valence-electron chi connectivity index (χ3n) is 2.30. The number of nitrogens with one attached hydrogen (secondary N) is 1. The van der Waals surface area contributed by atoms with Gasteiger partial charge in [-0.1, -0.05) is 0 Å². The lowest BCUT2D eigenvalue weighted by atomic mass is 10.3. The third-order valence-corrected chi connectivity index (χ3v) is 2.30. The summed E-state index contributed by atoms with van der Waals surface area (Å²) in [6.07, 6.45) is 0. The second-order valence-corrected chi connectivity index (χ2v) is 3.50. The largest absolute Gasteiger partial charge is 0.341 e. The van der Waals surface area contributed by atoms with Gasteiger partial charge in [-0.05, 0) is 33.9 Å². The van der Waals surface area contributed by atoms with Crippen LogP contribution in [-0.4, -0.2) is 30.1 Å². The molecule has 0 aliphatic heterocycles. The molecule has 1 aromatic rings. The topological polar surface area (TPSA) is 41.1 Å². The van der Waals surface area contributed by atoms with Crippen molar-refractivity contribution >= 4 is 5.95 Å². The van der Waals surface area contributed by atoms with Gasteiger partial charge in [0.1, 0.15) is 0 Å². The third kappa shape index (κ3) is 3.16. The molecule has 4 heteroatoms. The van der Waals surface area contributed by atoms with E-state index in [0.717, 1.165) is 37.0 Å². The molecule has 0 fully saturated rings. The van der Waals surface area contributed by atoms with Crippen molar-refractivity contribution in [1.29, 1.82) is 0 Å². The van der Waals surface area contributed by atoms with Crippen molar-refractivity contribution < 1.29 is 0 Å². The Morgan fingerprint density at radius 2 is 1.93 bits per heavy atom. The van der Waals surface area contributed by atoms with Crippen LogP contribution in [0.25, 0.3) is 0 Å². The highest BCUT2D eigenvalue weighted by Gasteiger charge is 2.07. The van der Waals surface area contributed by atoms with Crippen LogP contribution in [0.3, 0.4) is 0 Å². The first-order valence-electron chi connectivity index (χ1n) is 5.45. The van der Waals surface area contributed by atoms with Gasteiger partial charge in [-0.3, -0.25) is 0 Å². The van der Waals surface area contributed by atoms with Crippen molar-refractivity contribution in [2.45, 2.75) is 27.3 Å². The molecule has 0 aliphatic carbocycles. The van der Waals surface area contributed by atoms with Crippen LogP contribution in [0.2, 0.25) is 0 Å². The average molecular weight is 208 g/mol. The number of hydrogen-bond acceptors (Lipinski definition) is 4. The highest BCUT2D eigenvalue weighted by molar-refractivity contribution is 5.31. The summed E-state index contributed by atoms with van der Waals surface area (Å²) in [7, 11) is 1.93. The first-order valence-corrected chi connectivity index (χ1v) is 5.45. The van der Waals surface area contributed by atoms with Crippen LogP contribution in [0.4, 0.5) is 5.95 Å². The van der Waals surface area contributed by atoms with E-state index in [4.69, 9.17) is 0 Å². The normalized spacial score (nSPS) is 10.4. The molecule has 0 atom stereocenters. The Kier molecular flexibility index (Phi) is 4.49. The van der Waals surface area contributed by atoms with Crippen LogP contribution < -0.4 is 10.2 Å². The predicted octanol–water partition coefficient (Wildman–Crippen LogP) is 1.35. The van der Waals surface area contributed by atoms with Gasteiger partial charge >= 0.3 is 0 Å². The first kappa shape index (κ1) is 11.9. The maximum absolute atomic E-state index is 4.52. The van der Waals surface area contributed by atoms with Crippen molar-refractivity contribution in [3.05, 3.63) is 17.5 Å². The SMILES string of the molecule is CCN(CC)c1nc(C)cc(CNC)n1. The summed E-state index contributed by atoms with van der Waals surface area (Å²) in [5.74, 6) is 0.838. The summed E-state index contributed by atoms with van der Waals surface area (Å²) in [5, 5.41) is 3.10. The average Bonchev–Trinajstić information content (AvgIpc) is 2.19. The van der Waals surface area contributed by atoms with Crippen LogP contribution in [0, 0.1) is 6.92 Å². The quantitative estimate of drug-likeness (QED) is 0.793. The lowest BCUT2D eigenvalue weighted by molar-refractivity contribution is 0.759. The van der Waals surface area contributed by atoms with Gasteiger partial charge in [0, 0.05) is 25.3 Å². The molecular formula is C11H20N4. The molecule has 0 amide bonds. The van der Waals surface area contributed by atoms with Crippen LogP contribution in [0.1, 0.15) is 25.2 Å². The molecule has 1 aromatic heterocycles. The second-order valence-electron chi connectivity index (χ2n) is 3.50. The molecular weight excluding hydrogens is 188 g/mol. The predicted molar refractivity (Wildman–Crippen MR) is 63.1 cm³/mol. The Bertz CT molecular complexity index is 307. The van der Waals surface area contributed by atoms with Gasteiger partial charge in [-0.15, -0.1) is 0 Å². The summed E-state index contributed by atoms with van der Waals surface area (Å²) in [5.41, 5.74) is 2.07. The summed E-state index contributed by atoms with van der Waals surface area (Å²) < 4.78 is 0. The minimum atomic E-state index is 0.789. The van der Waals surface area contributed by atoms with E-state index in [1.165, 1.54) is 0 Å². The number of anilines is 1. The number of aryl methyl sites for hydroxylation is 1. The zero-order chi connectivity index (χ0) is 11.3. The van der Waals surface area contributed by atoms with Gasteiger partial charge in [0.2, 0.25) is 5.95 Å². The van der Waals surface area contributed by atoms with Crippen molar-refractivity contribution in [3.63, 3.8) is 0 Å². The molecule has 0 unspecified atom stereocenters. The van der Waals surface area contributed by atoms with Gasteiger partial charge in [-0.2, -0.15) is 0 Å².